The van der Waals surface area contributed by atoms with Crippen molar-refractivity contribution >= 4 is 5.91 Å². The van der Waals surface area contributed by atoms with Crippen LogP contribution in [-0.4, -0.2) is 30.3 Å². The Balaban J connectivity index is 2.25. The fraction of sp³-hybridized carbons (Fsp3) is 0.462. The summed E-state index contributed by atoms with van der Waals surface area (Å²) in [5.74, 6) is 0.0326. The van der Waals surface area contributed by atoms with E-state index in [9.17, 15) is 9.18 Å². The van der Waals surface area contributed by atoms with Gasteiger partial charge in [-0.3, -0.25) is 4.79 Å². The van der Waals surface area contributed by atoms with E-state index in [1.54, 1.807) is 0 Å². The van der Waals surface area contributed by atoms with Crippen molar-refractivity contribution in [2.24, 2.45) is 0 Å². The second-order valence-electron chi connectivity index (χ2n) is 3.91. The van der Waals surface area contributed by atoms with Gasteiger partial charge in [-0.15, -0.1) is 0 Å². The summed E-state index contributed by atoms with van der Waals surface area (Å²) in [6, 6.07) is 5.41. The Kier molecular flexibility index (Phi) is 6.14. The summed E-state index contributed by atoms with van der Waals surface area (Å²) in [5.41, 5.74) is 0. The van der Waals surface area contributed by atoms with Crippen LogP contribution in [0.2, 0.25) is 0 Å². The van der Waals surface area contributed by atoms with Gasteiger partial charge in [0.1, 0.15) is 11.6 Å². The van der Waals surface area contributed by atoms with E-state index in [1.807, 2.05) is 6.92 Å². The number of hydrogen-bond donors (Lipinski definition) is 2. The van der Waals surface area contributed by atoms with Crippen molar-refractivity contribution in [3.05, 3.63) is 30.1 Å². The first kappa shape index (κ1) is 14.4. The molecule has 0 aliphatic carbocycles. The minimum Gasteiger partial charge on any atom is -0.493 e. The molecule has 5 heteroatoms. The predicted molar refractivity (Wildman–Crippen MR) is 65.8 cm³/mol. The molecule has 18 heavy (non-hydrogen) atoms. The fourth-order valence-electron chi connectivity index (χ4n) is 1.37. The summed E-state index contributed by atoms with van der Waals surface area (Å²) in [4.78, 5) is 11.5. The highest BCUT2D eigenvalue weighted by atomic mass is 19.1. The first-order valence-electron chi connectivity index (χ1n) is 5.94. The number of amides is 1. The average molecular weight is 255 g/mol. The van der Waals surface area contributed by atoms with Crippen LogP contribution in [0.15, 0.2) is 24.3 Å². The van der Waals surface area contributed by atoms with E-state index < -0.39 is 0 Å². The summed E-state index contributed by atoms with van der Waals surface area (Å²) in [6.45, 7) is 2.04. The standard InChI is InChI=1S/C13H18FNO3/c1-2-11(9-16)15-13(17)7-8-18-12-5-3-10(14)4-6-12/h3-6,11,16H,2,7-9H2,1H3,(H,15,17)/t11-/m1/s1. The molecule has 0 heterocycles. The van der Waals surface area contributed by atoms with E-state index in [0.717, 1.165) is 0 Å². The van der Waals surface area contributed by atoms with Gasteiger partial charge < -0.3 is 15.2 Å². The van der Waals surface area contributed by atoms with Gasteiger partial charge >= 0.3 is 0 Å². The van der Waals surface area contributed by atoms with Crippen LogP contribution >= 0.6 is 0 Å². The highest BCUT2D eigenvalue weighted by Crippen LogP contribution is 2.11. The molecule has 0 spiro atoms. The third kappa shape index (κ3) is 5.14. The fourth-order valence-corrected chi connectivity index (χ4v) is 1.37. The van der Waals surface area contributed by atoms with Gasteiger partial charge in [0.15, 0.2) is 0 Å². The zero-order chi connectivity index (χ0) is 13.4. The number of ether oxygens (including phenoxy) is 1. The number of nitrogens with one attached hydrogen (secondary N) is 1. The number of halogens is 1. The van der Waals surface area contributed by atoms with E-state index in [0.29, 0.717) is 12.2 Å². The maximum Gasteiger partial charge on any atom is 0.223 e. The molecule has 1 aromatic carbocycles. The summed E-state index contributed by atoms with van der Waals surface area (Å²) in [7, 11) is 0. The minimum absolute atomic E-state index is 0.0684. The van der Waals surface area contributed by atoms with E-state index >= 15 is 0 Å². The first-order chi connectivity index (χ1) is 8.65. The molecule has 0 saturated carbocycles. The summed E-state index contributed by atoms with van der Waals surface area (Å²) in [5, 5.41) is 11.6. The number of carbonyl (C=O) groups excluding carboxylic acids is 1. The van der Waals surface area contributed by atoms with Crippen molar-refractivity contribution in [1.29, 1.82) is 0 Å². The SMILES string of the molecule is CC[C@H](CO)NC(=O)CCOc1ccc(F)cc1. The van der Waals surface area contributed by atoms with Gasteiger partial charge in [-0.2, -0.15) is 0 Å². The van der Waals surface area contributed by atoms with Gasteiger partial charge in [0.25, 0.3) is 0 Å². The minimum atomic E-state index is -0.325. The molecule has 4 nitrogen and oxygen atoms in total. The van der Waals surface area contributed by atoms with Gasteiger partial charge in [0.05, 0.1) is 25.7 Å². The van der Waals surface area contributed by atoms with Gasteiger partial charge in [-0.1, -0.05) is 6.92 Å². The Morgan fingerprint density at radius 3 is 2.67 bits per heavy atom. The van der Waals surface area contributed by atoms with Crippen molar-refractivity contribution in [3.63, 3.8) is 0 Å². The maximum absolute atomic E-state index is 12.6. The monoisotopic (exact) mass is 255 g/mol. The van der Waals surface area contributed by atoms with Crippen molar-refractivity contribution in [1.82, 2.24) is 5.32 Å². The summed E-state index contributed by atoms with van der Waals surface area (Å²) >= 11 is 0. The van der Waals surface area contributed by atoms with Crippen LogP contribution in [0.1, 0.15) is 19.8 Å². The molecule has 1 atom stereocenters. The average Bonchev–Trinajstić information content (AvgIpc) is 2.38. The molecular formula is C13H18FNO3. The second-order valence-corrected chi connectivity index (χ2v) is 3.91. The molecule has 0 aliphatic heterocycles. The summed E-state index contributed by atoms with van der Waals surface area (Å²) in [6.07, 6.45) is 0.884. The van der Waals surface area contributed by atoms with Crippen LogP contribution in [-0.2, 0) is 4.79 Å². The van der Waals surface area contributed by atoms with Gasteiger partial charge in [0.2, 0.25) is 5.91 Å². The van der Waals surface area contributed by atoms with Crippen molar-refractivity contribution in [2.75, 3.05) is 13.2 Å². The predicted octanol–water partition coefficient (Wildman–Crippen LogP) is 1.48. The van der Waals surface area contributed by atoms with E-state index in [-0.39, 0.29) is 37.4 Å². The Hall–Kier alpha value is -1.62. The quantitative estimate of drug-likeness (QED) is 0.776. The molecule has 0 radical (unpaired) electrons. The molecule has 0 saturated heterocycles. The molecule has 0 aromatic heterocycles. The number of aliphatic hydroxyl groups excluding tert-OH is 1. The zero-order valence-corrected chi connectivity index (χ0v) is 10.4. The van der Waals surface area contributed by atoms with Crippen LogP contribution in [0, 0.1) is 5.82 Å². The highest BCUT2D eigenvalue weighted by molar-refractivity contribution is 5.76. The first-order valence-corrected chi connectivity index (χ1v) is 5.94. The van der Waals surface area contributed by atoms with E-state index in [4.69, 9.17) is 9.84 Å². The third-order valence-corrected chi connectivity index (χ3v) is 2.49. The van der Waals surface area contributed by atoms with Crippen LogP contribution < -0.4 is 10.1 Å². The largest absolute Gasteiger partial charge is 0.493 e. The van der Waals surface area contributed by atoms with E-state index in [1.165, 1.54) is 24.3 Å². The summed E-state index contributed by atoms with van der Waals surface area (Å²) < 4.78 is 17.9. The second kappa shape index (κ2) is 7.66. The molecule has 1 aromatic rings. The van der Waals surface area contributed by atoms with Gasteiger partial charge in [-0.05, 0) is 30.7 Å². The number of hydrogen-bond acceptors (Lipinski definition) is 3. The topological polar surface area (TPSA) is 58.6 Å². The van der Waals surface area contributed by atoms with Crippen molar-refractivity contribution < 1.29 is 19.0 Å². The van der Waals surface area contributed by atoms with Crippen LogP contribution in [0.25, 0.3) is 0 Å². The number of benzene rings is 1. The number of carbonyl (C=O) groups is 1. The Bertz CT molecular complexity index is 363. The van der Waals surface area contributed by atoms with E-state index in [2.05, 4.69) is 5.32 Å². The Morgan fingerprint density at radius 1 is 1.44 bits per heavy atom. The van der Waals surface area contributed by atoms with Crippen LogP contribution in [0.5, 0.6) is 5.75 Å². The lowest BCUT2D eigenvalue weighted by Gasteiger charge is -2.14. The molecule has 0 aliphatic rings. The Morgan fingerprint density at radius 2 is 2.11 bits per heavy atom. The van der Waals surface area contributed by atoms with Crippen LogP contribution in [0.4, 0.5) is 4.39 Å². The molecule has 1 amide bonds. The van der Waals surface area contributed by atoms with Crippen molar-refractivity contribution in [2.45, 2.75) is 25.8 Å². The number of aliphatic hydroxyl groups is 1. The molecule has 0 fully saturated rings. The Labute approximate surface area is 106 Å². The number of rotatable bonds is 7. The zero-order valence-electron chi connectivity index (χ0n) is 10.4. The lowest BCUT2D eigenvalue weighted by Crippen LogP contribution is -2.37. The molecule has 0 bridgehead atoms. The van der Waals surface area contributed by atoms with Gasteiger partial charge in [-0.25, -0.2) is 4.39 Å². The maximum atomic E-state index is 12.6. The highest BCUT2D eigenvalue weighted by Gasteiger charge is 2.08. The third-order valence-electron chi connectivity index (χ3n) is 2.49. The van der Waals surface area contributed by atoms with Gasteiger partial charge in [0, 0.05) is 0 Å². The molecule has 100 valence electrons. The lowest BCUT2D eigenvalue weighted by atomic mass is 10.2. The van der Waals surface area contributed by atoms with Crippen molar-refractivity contribution in [3.8, 4) is 5.75 Å². The normalized spacial score (nSPS) is 11.9. The molecule has 2 N–H and O–H groups in total. The lowest BCUT2D eigenvalue weighted by molar-refractivity contribution is -0.122. The smallest absolute Gasteiger partial charge is 0.223 e. The molecular weight excluding hydrogens is 237 g/mol. The van der Waals surface area contributed by atoms with Crippen LogP contribution in [0.3, 0.4) is 0 Å². The molecule has 1 rings (SSSR count). The molecule has 0 unspecified atom stereocenters.